The van der Waals surface area contributed by atoms with Gasteiger partial charge in [-0.25, -0.2) is 4.98 Å². The Kier molecular flexibility index (Phi) is 4.96. The Hall–Kier alpha value is -1.88. The SMILES string of the molecule is Cc1ccc(C(C)C)c(OCc2nc(CC(=O)O)cs2)c1. The summed E-state index contributed by atoms with van der Waals surface area (Å²) >= 11 is 1.43. The van der Waals surface area contributed by atoms with Gasteiger partial charge in [0.2, 0.25) is 0 Å². The smallest absolute Gasteiger partial charge is 0.309 e. The number of rotatable bonds is 6. The third kappa shape index (κ3) is 4.29. The minimum absolute atomic E-state index is 0.0435. The second-order valence-corrected chi connectivity index (χ2v) is 6.23. The first-order chi connectivity index (χ1) is 9.95. The second kappa shape index (κ2) is 6.72. The molecule has 0 radical (unpaired) electrons. The molecular formula is C16H19NO3S. The van der Waals surface area contributed by atoms with Gasteiger partial charge in [0.25, 0.3) is 0 Å². The molecule has 0 spiro atoms. The lowest BCUT2D eigenvalue weighted by molar-refractivity contribution is -0.136. The van der Waals surface area contributed by atoms with E-state index in [2.05, 4.69) is 31.0 Å². The lowest BCUT2D eigenvalue weighted by Gasteiger charge is -2.14. The Bertz CT molecular complexity index is 634. The van der Waals surface area contributed by atoms with Crippen LogP contribution < -0.4 is 4.74 Å². The predicted molar refractivity (Wildman–Crippen MR) is 83.1 cm³/mol. The zero-order valence-corrected chi connectivity index (χ0v) is 13.2. The summed E-state index contributed by atoms with van der Waals surface area (Å²) in [6, 6.07) is 6.20. The van der Waals surface area contributed by atoms with E-state index < -0.39 is 5.97 Å². The molecule has 5 heteroatoms. The average Bonchev–Trinajstić information content (AvgIpc) is 2.82. The Morgan fingerprint density at radius 2 is 2.19 bits per heavy atom. The van der Waals surface area contributed by atoms with E-state index in [4.69, 9.17) is 9.84 Å². The summed E-state index contributed by atoms with van der Waals surface area (Å²) in [5, 5.41) is 11.3. The van der Waals surface area contributed by atoms with Crippen LogP contribution in [-0.4, -0.2) is 16.1 Å². The molecule has 1 aromatic heterocycles. The van der Waals surface area contributed by atoms with Crippen LogP contribution in [-0.2, 0) is 17.8 Å². The molecule has 112 valence electrons. The van der Waals surface area contributed by atoms with Crippen LogP contribution in [0.1, 0.15) is 41.6 Å². The number of thiazole rings is 1. The molecule has 0 aliphatic carbocycles. The van der Waals surface area contributed by atoms with Gasteiger partial charge in [-0.05, 0) is 30.0 Å². The first-order valence-corrected chi connectivity index (χ1v) is 7.72. The zero-order valence-electron chi connectivity index (χ0n) is 12.4. The van der Waals surface area contributed by atoms with E-state index >= 15 is 0 Å². The molecule has 0 saturated heterocycles. The second-order valence-electron chi connectivity index (χ2n) is 5.29. The minimum atomic E-state index is -0.867. The van der Waals surface area contributed by atoms with Gasteiger partial charge in [0.1, 0.15) is 17.4 Å². The molecule has 4 nitrogen and oxygen atoms in total. The lowest BCUT2D eigenvalue weighted by Crippen LogP contribution is -2.02. The maximum absolute atomic E-state index is 10.6. The highest BCUT2D eigenvalue weighted by atomic mass is 32.1. The maximum atomic E-state index is 10.6. The fourth-order valence-electron chi connectivity index (χ4n) is 2.03. The van der Waals surface area contributed by atoms with Crippen LogP contribution in [0.2, 0.25) is 0 Å². The number of carboxylic acids is 1. The van der Waals surface area contributed by atoms with Crippen LogP contribution >= 0.6 is 11.3 Å². The number of hydrogen-bond donors (Lipinski definition) is 1. The molecule has 0 fully saturated rings. The van der Waals surface area contributed by atoms with Crippen LogP contribution in [0, 0.1) is 6.92 Å². The van der Waals surface area contributed by atoms with Gasteiger partial charge in [0, 0.05) is 5.38 Å². The van der Waals surface area contributed by atoms with Crippen molar-refractivity contribution in [2.45, 2.75) is 39.7 Å². The van der Waals surface area contributed by atoms with Gasteiger partial charge in [-0.2, -0.15) is 0 Å². The van der Waals surface area contributed by atoms with Gasteiger partial charge in [0.15, 0.2) is 0 Å². The van der Waals surface area contributed by atoms with Crippen molar-refractivity contribution in [2.24, 2.45) is 0 Å². The van der Waals surface area contributed by atoms with Crippen LogP contribution in [0.3, 0.4) is 0 Å². The Labute approximate surface area is 128 Å². The van der Waals surface area contributed by atoms with Crippen LogP contribution in [0.5, 0.6) is 5.75 Å². The number of benzene rings is 1. The van der Waals surface area contributed by atoms with E-state index in [1.807, 2.05) is 13.0 Å². The van der Waals surface area contributed by atoms with Crippen molar-refractivity contribution in [3.8, 4) is 5.75 Å². The first kappa shape index (κ1) is 15.5. The summed E-state index contributed by atoms with van der Waals surface area (Å²) in [4.78, 5) is 14.9. The van der Waals surface area contributed by atoms with Gasteiger partial charge < -0.3 is 9.84 Å². The lowest BCUT2D eigenvalue weighted by atomic mass is 10.0. The Balaban J connectivity index is 2.07. The average molecular weight is 305 g/mol. The number of ether oxygens (including phenoxy) is 1. The standard InChI is InChI=1S/C16H19NO3S/c1-10(2)13-5-4-11(3)6-14(13)20-8-15-17-12(9-21-15)7-16(18)19/h4-6,9-10H,7-8H2,1-3H3,(H,18,19). The normalized spacial score (nSPS) is 10.9. The van der Waals surface area contributed by atoms with Crippen LogP contribution in [0.4, 0.5) is 0 Å². The quantitative estimate of drug-likeness (QED) is 0.882. The molecule has 0 unspecified atom stereocenters. The maximum Gasteiger partial charge on any atom is 0.309 e. The van der Waals surface area contributed by atoms with Crippen molar-refractivity contribution < 1.29 is 14.6 Å². The fraction of sp³-hybridized carbons (Fsp3) is 0.375. The molecule has 2 aromatic rings. The Morgan fingerprint density at radius 3 is 2.86 bits per heavy atom. The molecular weight excluding hydrogens is 286 g/mol. The molecule has 0 aliphatic rings. The van der Waals surface area contributed by atoms with Crippen molar-refractivity contribution in [1.29, 1.82) is 0 Å². The van der Waals surface area contributed by atoms with E-state index in [1.54, 1.807) is 5.38 Å². The number of nitrogens with zero attached hydrogens (tertiary/aromatic N) is 1. The summed E-state index contributed by atoms with van der Waals surface area (Å²) in [6.07, 6.45) is -0.0435. The van der Waals surface area contributed by atoms with Crippen molar-refractivity contribution in [3.63, 3.8) is 0 Å². The van der Waals surface area contributed by atoms with Crippen LogP contribution in [0.25, 0.3) is 0 Å². The van der Waals surface area contributed by atoms with E-state index in [1.165, 1.54) is 16.9 Å². The summed E-state index contributed by atoms with van der Waals surface area (Å²) in [5.74, 6) is 0.396. The van der Waals surface area contributed by atoms with Gasteiger partial charge in [0.05, 0.1) is 12.1 Å². The Morgan fingerprint density at radius 1 is 1.43 bits per heavy atom. The molecule has 0 saturated carbocycles. The minimum Gasteiger partial charge on any atom is -0.486 e. The summed E-state index contributed by atoms with van der Waals surface area (Å²) in [6.45, 7) is 6.66. The molecule has 0 atom stereocenters. The number of carbonyl (C=O) groups is 1. The fourth-order valence-corrected chi connectivity index (χ4v) is 2.74. The van der Waals surface area contributed by atoms with E-state index in [-0.39, 0.29) is 6.42 Å². The van der Waals surface area contributed by atoms with Crippen molar-refractivity contribution >= 4 is 17.3 Å². The van der Waals surface area contributed by atoms with Crippen LogP contribution in [0.15, 0.2) is 23.6 Å². The largest absolute Gasteiger partial charge is 0.486 e. The van der Waals surface area contributed by atoms with Crippen molar-refractivity contribution in [2.75, 3.05) is 0 Å². The molecule has 2 rings (SSSR count). The number of aryl methyl sites for hydroxylation is 1. The summed E-state index contributed by atoms with van der Waals surface area (Å²) in [5.41, 5.74) is 2.91. The molecule has 0 aliphatic heterocycles. The van der Waals surface area contributed by atoms with Gasteiger partial charge in [-0.15, -0.1) is 11.3 Å². The predicted octanol–water partition coefficient (Wildman–Crippen LogP) is 3.78. The highest BCUT2D eigenvalue weighted by Gasteiger charge is 2.10. The molecule has 21 heavy (non-hydrogen) atoms. The van der Waals surface area contributed by atoms with Gasteiger partial charge in [-0.3, -0.25) is 4.79 Å². The molecule has 1 N–H and O–H groups in total. The monoisotopic (exact) mass is 305 g/mol. The van der Waals surface area contributed by atoms with Crippen molar-refractivity contribution in [3.05, 3.63) is 45.4 Å². The number of hydrogen-bond acceptors (Lipinski definition) is 4. The number of aliphatic carboxylic acids is 1. The highest BCUT2D eigenvalue weighted by molar-refractivity contribution is 7.09. The highest BCUT2D eigenvalue weighted by Crippen LogP contribution is 2.28. The van der Waals surface area contributed by atoms with E-state index in [0.29, 0.717) is 18.2 Å². The van der Waals surface area contributed by atoms with E-state index in [0.717, 1.165) is 16.3 Å². The third-order valence-electron chi connectivity index (χ3n) is 3.07. The zero-order chi connectivity index (χ0) is 15.4. The first-order valence-electron chi connectivity index (χ1n) is 6.84. The number of aromatic nitrogens is 1. The molecule has 1 aromatic carbocycles. The number of carboxylic acid groups (broad SMARTS) is 1. The summed E-state index contributed by atoms with van der Waals surface area (Å²) in [7, 11) is 0. The van der Waals surface area contributed by atoms with Crippen molar-refractivity contribution in [1.82, 2.24) is 4.98 Å². The molecule has 1 heterocycles. The van der Waals surface area contributed by atoms with Gasteiger partial charge in [-0.1, -0.05) is 26.0 Å². The molecule has 0 amide bonds. The third-order valence-corrected chi connectivity index (χ3v) is 3.95. The van der Waals surface area contributed by atoms with Gasteiger partial charge >= 0.3 is 5.97 Å². The van der Waals surface area contributed by atoms with E-state index in [9.17, 15) is 4.79 Å². The molecule has 0 bridgehead atoms. The topological polar surface area (TPSA) is 59.4 Å². The summed E-state index contributed by atoms with van der Waals surface area (Å²) < 4.78 is 5.88.